The lowest BCUT2D eigenvalue weighted by atomic mass is 10.1. The zero-order chi connectivity index (χ0) is 14.0. The molecular weight excluding hydrogens is 256 g/mol. The van der Waals surface area contributed by atoms with E-state index in [9.17, 15) is 0 Å². The molecule has 0 saturated heterocycles. The van der Waals surface area contributed by atoms with Crippen molar-refractivity contribution in [1.29, 1.82) is 0 Å². The summed E-state index contributed by atoms with van der Waals surface area (Å²) in [6.45, 7) is 4.19. The zero-order valence-electron chi connectivity index (χ0n) is 11.5. The van der Waals surface area contributed by atoms with E-state index in [0.29, 0.717) is 0 Å². The number of nitrogens with zero attached hydrogens (tertiary/aromatic N) is 1. The van der Waals surface area contributed by atoms with E-state index in [2.05, 4.69) is 31.0 Å². The third-order valence-corrected chi connectivity index (χ3v) is 3.81. The summed E-state index contributed by atoms with van der Waals surface area (Å²) in [7, 11) is 2.08. The van der Waals surface area contributed by atoms with Gasteiger partial charge in [0.25, 0.3) is 0 Å². The van der Waals surface area contributed by atoms with Gasteiger partial charge in [-0.25, -0.2) is 0 Å². The maximum Gasteiger partial charge on any atom is 0.0511 e. The lowest BCUT2D eigenvalue weighted by molar-refractivity contribution is 0.740. The van der Waals surface area contributed by atoms with Gasteiger partial charge in [0.05, 0.1) is 6.04 Å². The normalized spacial score (nSPS) is 12.2. The highest BCUT2D eigenvalue weighted by molar-refractivity contribution is 6.30. The van der Waals surface area contributed by atoms with E-state index in [1.807, 2.05) is 37.3 Å². The molecule has 0 spiro atoms. The molecule has 2 nitrogen and oxygen atoms in total. The molecule has 100 valence electrons. The van der Waals surface area contributed by atoms with Crippen LogP contribution in [0.15, 0.2) is 42.5 Å². The minimum atomic E-state index is 0.252. The average molecular weight is 275 g/mol. The van der Waals surface area contributed by atoms with Gasteiger partial charge in [0.2, 0.25) is 0 Å². The van der Waals surface area contributed by atoms with Crippen molar-refractivity contribution in [3.63, 3.8) is 0 Å². The third kappa shape index (κ3) is 3.02. The first kappa shape index (κ1) is 13.8. The van der Waals surface area contributed by atoms with Crippen LogP contribution in [0.4, 0.5) is 11.4 Å². The molecule has 0 radical (unpaired) electrons. The Kier molecular flexibility index (Phi) is 4.01. The summed E-state index contributed by atoms with van der Waals surface area (Å²) < 4.78 is 0. The Morgan fingerprint density at radius 2 is 1.89 bits per heavy atom. The van der Waals surface area contributed by atoms with Gasteiger partial charge in [0.1, 0.15) is 0 Å². The van der Waals surface area contributed by atoms with Gasteiger partial charge < -0.3 is 10.6 Å². The smallest absolute Gasteiger partial charge is 0.0511 e. The van der Waals surface area contributed by atoms with E-state index in [4.69, 9.17) is 17.3 Å². The molecular formula is C16H19ClN2. The number of anilines is 2. The first-order valence-corrected chi connectivity index (χ1v) is 6.71. The van der Waals surface area contributed by atoms with Crippen molar-refractivity contribution in [3.05, 3.63) is 58.6 Å². The molecule has 2 N–H and O–H groups in total. The van der Waals surface area contributed by atoms with Gasteiger partial charge in [-0.15, -0.1) is 0 Å². The lowest BCUT2D eigenvalue weighted by Gasteiger charge is -2.28. The Morgan fingerprint density at radius 3 is 2.53 bits per heavy atom. The lowest BCUT2D eigenvalue weighted by Crippen LogP contribution is -2.21. The number of hydrogen-bond donors (Lipinski definition) is 1. The summed E-state index contributed by atoms with van der Waals surface area (Å²) in [5.41, 5.74) is 10.1. The van der Waals surface area contributed by atoms with Crippen molar-refractivity contribution in [1.82, 2.24) is 0 Å². The number of nitrogen functional groups attached to an aromatic ring is 1. The maximum atomic E-state index is 6.05. The number of nitrogens with two attached hydrogens (primary N) is 1. The molecule has 2 rings (SSSR count). The second-order valence-corrected chi connectivity index (χ2v) is 5.32. The number of halogens is 1. The standard InChI is InChI=1S/C16H19ClN2/c1-11-9-15(7-8-16(11)18)19(3)12(2)13-5-4-6-14(17)10-13/h4-10,12H,18H2,1-3H3. The third-order valence-electron chi connectivity index (χ3n) is 3.57. The van der Waals surface area contributed by atoms with Crippen LogP contribution in [0.3, 0.4) is 0 Å². The highest BCUT2D eigenvalue weighted by Gasteiger charge is 2.13. The summed E-state index contributed by atoms with van der Waals surface area (Å²) in [5.74, 6) is 0. The molecule has 1 atom stereocenters. The molecule has 0 aliphatic heterocycles. The van der Waals surface area contributed by atoms with Gasteiger partial charge in [-0.05, 0) is 55.3 Å². The minimum Gasteiger partial charge on any atom is -0.399 e. The molecule has 3 heteroatoms. The van der Waals surface area contributed by atoms with Gasteiger partial charge in [-0.3, -0.25) is 0 Å². The molecule has 19 heavy (non-hydrogen) atoms. The van der Waals surface area contributed by atoms with E-state index in [1.54, 1.807) is 0 Å². The van der Waals surface area contributed by atoms with E-state index in [0.717, 1.165) is 22.0 Å². The summed E-state index contributed by atoms with van der Waals surface area (Å²) >= 11 is 6.05. The van der Waals surface area contributed by atoms with Crippen LogP contribution in [0.25, 0.3) is 0 Å². The monoisotopic (exact) mass is 274 g/mol. The average Bonchev–Trinajstić information content (AvgIpc) is 2.40. The Balaban J connectivity index is 2.27. The molecule has 2 aromatic rings. The second-order valence-electron chi connectivity index (χ2n) is 4.88. The van der Waals surface area contributed by atoms with Crippen LogP contribution in [0.5, 0.6) is 0 Å². The maximum absolute atomic E-state index is 6.05. The van der Waals surface area contributed by atoms with Crippen LogP contribution in [-0.2, 0) is 0 Å². The Labute approximate surface area is 119 Å². The number of rotatable bonds is 3. The van der Waals surface area contributed by atoms with E-state index in [1.165, 1.54) is 5.56 Å². The quantitative estimate of drug-likeness (QED) is 0.839. The highest BCUT2D eigenvalue weighted by Crippen LogP contribution is 2.28. The van der Waals surface area contributed by atoms with Crippen molar-refractivity contribution < 1.29 is 0 Å². The van der Waals surface area contributed by atoms with Crippen molar-refractivity contribution in [2.75, 3.05) is 17.7 Å². The van der Waals surface area contributed by atoms with Crippen LogP contribution >= 0.6 is 11.6 Å². The fourth-order valence-electron chi connectivity index (χ4n) is 2.09. The first-order chi connectivity index (χ1) is 8.99. The number of hydrogen-bond acceptors (Lipinski definition) is 2. The predicted octanol–water partition coefficient (Wildman–Crippen LogP) is 4.43. The topological polar surface area (TPSA) is 29.3 Å². The van der Waals surface area contributed by atoms with Gasteiger partial charge in [-0.2, -0.15) is 0 Å². The largest absolute Gasteiger partial charge is 0.399 e. The molecule has 0 saturated carbocycles. The van der Waals surface area contributed by atoms with Crippen molar-refractivity contribution >= 4 is 23.0 Å². The summed E-state index contributed by atoms with van der Waals surface area (Å²) in [6.07, 6.45) is 0. The van der Waals surface area contributed by atoms with Crippen molar-refractivity contribution in [2.24, 2.45) is 0 Å². The molecule has 0 heterocycles. The fourth-order valence-corrected chi connectivity index (χ4v) is 2.29. The van der Waals surface area contributed by atoms with Crippen LogP contribution in [0, 0.1) is 6.92 Å². The summed E-state index contributed by atoms with van der Waals surface area (Å²) in [6, 6.07) is 14.3. The fraction of sp³-hybridized carbons (Fsp3) is 0.250. The Hall–Kier alpha value is -1.67. The first-order valence-electron chi connectivity index (χ1n) is 6.33. The highest BCUT2D eigenvalue weighted by atomic mass is 35.5. The van der Waals surface area contributed by atoms with E-state index < -0.39 is 0 Å². The zero-order valence-corrected chi connectivity index (χ0v) is 12.3. The molecule has 0 fully saturated rings. The molecule has 1 unspecified atom stereocenters. The summed E-state index contributed by atoms with van der Waals surface area (Å²) in [4.78, 5) is 2.22. The van der Waals surface area contributed by atoms with Gasteiger partial charge in [0.15, 0.2) is 0 Å². The Bertz CT molecular complexity index is 581. The van der Waals surface area contributed by atoms with Crippen LogP contribution in [0.2, 0.25) is 5.02 Å². The Morgan fingerprint density at radius 1 is 1.16 bits per heavy atom. The summed E-state index contributed by atoms with van der Waals surface area (Å²) in [5, 5.41) is 0.770. The van der Waals surface area contributed by atoms with Gasteiger partial charge in [-0.1, -0.05) is 23.7 Å². The molecule has 0 aliphatic carbocycles. The second kappa shape index (κ2) is 5.54. The van der Waals surface area contributed by atoms with Gasteiger partial charge >= 0.3 is 0 Å². The molecule has 0 aliphatic rings. The number of benzene rings is 2. The molecule has 0 amide bonds. The molecule has 0 bridgehead atoms. The number of aryl methyl sites for hydroxylation is 1. The SMILES string of the molecule is Cc1cc(N(C)C(C)c2cccc(Cl)c2)ccc1N. The van der Waals surface area contributed by atoms with Crippen molar-refractivity contribution in [3.8, 4) is 0 Å². The molecule has 2 aromatic carbocycles. The van der Waals surface area contributed by atoms with E-state index >= 15 is 0 Å². The predicted molar refractivity (Wildman–Crippen MR) is 83.9 cm³/mol. The van der Waals surface area contributed by atoms with Crippen LogP contribution in [-0.4, -0.2) is 7.05 Å². The van der Waals surface area contributed by atoms with Crippen LogP contribution in [0.1, 0.15) is 24.1 Å². The van der Waals surface area contributed by atoms with Crippen molar-refractivity contribution in [2.45, 2.75) is 19.9 Å². The van der Waals surface area contributed by atoms with Gasteiger partial charge in [0, 0.05) is 23.4 Å². The minimum absolute atomic E-state index is 0.252. The van der Waals surface area contributed by atoms with E-state index in [-0.39, 0.29) is 6.04 Å². The van der Waals surface area contributed by atoms with Crippen LogP contribution < -0.4 is 10.6 Å². The molecule has 0 aromatic heterocycles.